The minimum absolute atomic E-state index is 0.0667. The molecule has 1 unspecified atom stereocenters. The van der Waals surface area contributed by atoms with Crippen molar-refractivity contribution in [2.75, 3.05) is 32.8 Å². The predicted octanol–water partition coefficient (Wildman–Crippen LogP) is 3.75. The van der Waals surface area contributed by atoms with E-state index >= 15 is 0 Å². The van der Waals surface area contributed by atoms with E-state index in [-0.39, 0.29) is 40.8 Å². The maximum atomic E-state index is 14.4. The van der Waals surface area contributed by atoms with E-state index < -0.39 is 42.7 Å². The summed E-state index contributed by atoms with van der Waals surface area (Å²) in [5.41, 5.74) is -3.28. The van der Waals surface area contributed by atoms with E-state index in [2.05, 4.69) is 5.32 Å². The summed E-state index contributed by atoms with van der Waals surface area (Å²) in [6, 6.07) is 9.90. The van der Waals surface area contributed by atoms with Crippen LogP contribution in [0.3, 0.4) is 0 Å². The lowest BCUT2D eigenvalue weighted by Gasteiger charge is -2.41. The third-order valence-electron chi connectivity index (χ3n) is 9.59. The SMILES string of the molecule is CC(=O)N1CC[C@H]2CC[C@@H](C(=O)N3CCOC(c4ccccc4C)C3)N2C(=O)[C@@H](NC(=O)c2cc3cc(C(F)(F)P(=O)(O)O)ccc3s2)C1. The Hall–Kier alpha value is -3.75. The molecule has 0 bridgehead atoms. The molecule has 16 heteroatoms. The topological polar surface area (TPSA) is 157 Å². The number of hydrogen-bond donors (Lipinski definition) is 3. The average Bonchev–Trinajstić information content (AvgIpc) is 3.68. The highest BCUT2D eigenvalue weighted by molar-refractivity contribution is 7.52. The van der Waals surface area contributed by atoms with Gasteiger partial charge in [-0.25, -0.2) is 0 Å². The van der Waals surface area contributed by atoms with Crippen LogP contribution in [0.25, 0.3) is 10.1 Å². The summed E-state index contributed by atoms with van der Waals surface area (Å²) in [5, 5.41) is 2.88. The Labute approximate surface area is 285 Å². The fraction of sp³-hybridized carbons (Fsp3) is 0.455. The van der Waals surface area contributed by atoms with E-state index in [1.165, 1.54) is 24.0 Å². The molecule has 0 saturated carbocycles. The van der Waals surface area contributed by atoms with Crippen LogP contribution in [-0.4, -0.2) is 99.0 Å². The second kappa shape index (κ2) is 13.5. The summed E-state index contributed by atoms with van der Waals surface area (Å²) >= 11 is 0.952. The minimum Gasteiger partial charge on any atom is -0.370 e. The fourth-order valence-corrected chi connectivity index (χ4v) is 8.37. The van der Waals surface area contributed by atoms with Crippen molar-refractivity contribution < 1.29 is 47.0 Å². The van der Waals surface area contributed by atoms with E-state index in [1.807, 2.05) is 31.2 Å². The first-order valence-electron chi connectivity index (χ1n) is 16.0. The summed E-state index contributed by atoms with van der Waals surface area (Å²) in [5.74, 6) is -1.66. The summed E-state index contributed by atoms with van der Waals surface area (Å²) < 4.78 is 46.5. The van der Waals surface area contributed by atoms with Gasteiger partial charge >= 0.3 is 13.3 Å². The number of nitrogens with zero attached hydrogens (tertiary/aromatic N) is 3. The van der Waals surface area contributed by atoms with Crippen molar-refractivity contribution in [3.63, 3.8) is 0 Å². The van der Waals surface area contributed by atoms with Crippen molar-refractivity contribution in [3.05, 3.63) is 70.1 Å². The van der Waals surface area contributed by atoms with Crippen LogP contribution in [0.2, 0.25) is 0 Å². The summed E-state index contributed by atoms with van der Waals surface area (Å²) in [7, 11) is -5.80. The highest BCUT2D eigenvalue weighted by Crippen LogP contribution is 2.59. The standard InChI is InChI=1S/C33H37F2N4O8PS/c1-19-5-3-4-6-24(19)27-18-38(13-14-47-27)32(43)26-9-8-23-11-12-37(20(2)40)17-25(31(42)39(23)26)36-30(41)29-16-21-15-22(7-10-28(21)49-29)33(34,35)48(44,45)46/h3-7,10,15-16,23,25-27H,8-9,11-14,17-18H2,1-2H3,(H,36,41)(H2,44,45,46)/t23-,25+,26+,27?/m1/s1. The summed E-state index contributed by atoms with van der Waals surface area (Å²) in [6.07, 6.45) is 1.15. The number of carbonyl (C=O) groups is 4. The first-order chi connectivity index (χ1) is 23.2. The number of ether oxygens (including phenoxy) is 1. The number of morpholine rings is 1. The van der Waals surface area contributed by atoms with E-state index in [4.69, 9.17) is 14.5 Å². The molecular weight excluding hydrogens is 681 g/mol. The lowest BCUT2D eigenvalue weighted by molar-refractivity contribution is -0.152. The molecule has 0 spiro atoms. The Morgan fingerprint density at radius 1 is 1.02 bits per heavy atom. The molecule has 49 heavy (non-hydrogen) atoms. The Balaban J connectivity index is 1.23. The van der Waals surface area contributed by atoms with Crippen LogP contribution in [-0.2, 0) is 29.3 Å². The van der Waals surface area contributed by atoms with Gasteiger partial charge in [-0.3, -0.25) is 23.7 Å². The highest BCUT2D eigenvalue weighted by atomic mass is 32.1. The first-order valence-corrected chi connectivity index (χ1v) is 18.4. The molecule has 262 valence electrons. The van der Waals surface area contributed by atoms with E-state index in [9.17, 15) is 32.5 Å². The van der Waals surface area contributed by atoms with Crippen LogP contribution in [0.5, 0.6) is 0 Å². The van der Waals surface area contributed by atoms with Crippen molar-refractivity contribution in [3.8, 4) is 0 Å². The second-order valence-electron chi connectivity index (χ2n) is 12.7. The number of rotatable bonds is 6. The molecule has 3 N–H and O–H groups in total. The van der Waals surface area contributed by atoms with Gasteiger partial charge in [-0.1, -0.05) is 30.3 Å². The molecule has 4 atom stereocenters. The maximum absolute atomic E-state index is 14.4. The fourth-order valence-electron chi connectivity index (χ4n) is 6.95. The average molecular weight is 719 g/mol. The number of nitrogens with one attached hydrogen (secondary N) is 1. The lowest BCUT2D eigenvalue weighted by Crippen LogP contribution is -2.61. The number of amides is 4. The van der Waals surface area contributed by atoms with Crippen LogP contribution in [0.4, 0.5) is 8.78 Å². The molecule has 0 aliphatic carbocycles. The number of thiophene rings is 1. The lowest BCUT2D eigenvalue weighted by atomic mass is 10.0. The molecule has 12 nitrogen and oxygen atoms in total. The van der Waals surface area contributed by atoms with E-state index in [0.29, 0.717) is 50.2 Å². The molecule has 4 heterocycles. The van der Waals surface area contributed by atoms with Crippen molar-refractivity contribution in [1.29, 1.82) is 0 Å². The number of aryl methyl sites for hydroxylation is 1. The minimum atomic E-state index is -5.80. The van der Waals surface area contributed by atoms with Gasteiger partial charge in [-0.2, -0.15) is 8.78 Å². The number of alkyl halides is 2. The molecular formula is C33H37F2N4O8PS. The van der Waals surface area contributed by atoms with Gasteiger partial charge in [0.1, 0.15) is 18.2 Å². The zero-order chi connectivity index (χ0) is 35.2. The van der Waals surface area contributed by atoms with E-state index in [1.54, 1.807) is 9.80 Å². The van der Waals surface area contributed by atoms with Gasteiger partial charge < -0.3 is 34.5 Å². The molecule has 3 aliphatic heterocycles. The summed E-state index contributed by atoms with van der Waals surface area (Å²) in [6.45, 7) is 4.61. The quantitative estimate of drug-likeness (QED) is 0.326. The van der Waals surface area contributed by atoms with Crippen LogP contribution in [0, 0.1) is 6.92 Å². The Bertz CT molecular complexity index is 1850. The Kier molecular flexibility index (Phi) is 9.68. The normalized spacial score (nSPS) is 23.6. The van der Waals surface area contributed by atoms with Crippen LogP contribution in [0.15, 0.2) is 48.5 Å². The summed E-state index contributed by atoms with van der Waals surface area (Å²) in [4.78, 5) is 77.6. The van der Waals surface area contributed by atoms with Gasteiger partial charge in [0, 0.05) is 42.9 Å². The number of halogens is 2. The number of carbonyl (C=O) groups excluding carboxylic acids is 4. The van der Waals surface area contributed by atoms with Gasteiger partial charge in [0.15, 0.2) is 0 Å². The molecule has 2 aromatic carbocycles. The molecule has 0 radical (unpaired) electrons. The monoisotopic (exact) mass is 718 g/mol. The number of fused-ring (bicyclic) bond motifs is 2. The van der Waals surface area contributed by atoms with Crippen molar-refractivity contribution in [2.24, 2.45) is 0 Å². The van der Waals surface area contributed by atoms with Gasteiger partial charge in [-0.15, -0.1) is 11.3 Å². The van der Waals surface area contributed by atoms with Gasteiger partial charge in [0.05, 0.1) is 18.0 Å². The third kappa shape index (κ3) is 6.87. The molecule has 3 saturated heterocycles. The van der Waals surface area contributed by atoms with Crippen molar-refractivity contribution in [2.45, 2.75) is 63.0 Å². The zero-order valence-electron chi connectivity index (χ0n) is 26.9. The molecule has 1 aromatic heterocycles. The van der Waals surface area contributed by atoms with E-state index in [0.717, 1.165) is 34.6 Å². The molecule has 3 aliphatic rings. The van der Waals surface area contributed by atoms with Crippen LogP contribution >= 0.6 is 18.9 Å². The van der Waals surface area contributed by atoms with Crippen molar-refractivity contribution >= 4 is 52.6 Å². The molecule has 3 aromatic rings. The molecule has 3 fully saturated rings. The van der Waals surface area contributed by atoms with Gasteiger partial charge in [-0.05, 0) is 60.9 Å². The third-order valence-corrected chi connectivity index (χ3v) is 11.7. The smallest absolute Gasteiger partial charge is 0.370 e. The molecule has 6 rings (SSSR count). The zero-order valence-corrected chi connectivity index (χ0v) is 28.6. The van der Waals surface area contributed by atoms with Crippen LogP contribution < -0.4 is 5.32 Å². The number of hydrogen-bond acceptors (Lipinski definition) is 7. The van der Waals surface area contributed by atoms with Gasteiger partial charge in [0.2, 0.25) is 17.7 Å². The van der Waals surface area contributed by atoms with Crippen molar-refractivity contribution in [1.82, 2.24) is 20.0 Å². The largest absolute Gasteiger partial charge is 0.399 e. The van der Waals surface area contributed by atoms with Crippen LogP contribution in [0.1, 0.15) is 58.7 Å². The Morgan fingerprint density at radius 2 is 1.78 bits per heavy atom. The number of benzene rings is 2. The first kappa shape index (κ1) is 35.1. The molecule has 4 amide bonds. The maximum Gasteiger partial charge on any atom is 0.399 e. The Morgan fingerprint density at radius 3 is 2.49 bits per heavy atom. The highest BCUT2D eigenvalue weighted by Gasteiger charge is 2.50. The second-order valence-corrected chi connectivity index (χ2v) is 15.5. The van der Waals surface area contributed by atoms with Gasteiger partial charge in [0.25, 0.3) is 5.91 Å². The predicted molar refractivity (Wildman–Crippen MR) is 176 cm³/mol.